The maximum atomic E-state index is 12.8. The number of carbonyl (C=O) groups is 1. The van der Waals surface area contributed by atoms with Crippen LogP contribution in [0.25, 0.3) is 22.1 Å². The molecule has 150 valence electrons. The molecule has 2 aromatic carbocycles. The number of furan rings is 1. The quantitative estimate of drug-likeness (QED) is 0.733. The predicted molar refractivity (Wildman–Crippen MR) is 116 cm³/mol. The molecule has 3 aliphatic rings. The Bertz CT molecular complexity index is 1030. The first kappa shape index (κ1) is 18.3. The zero-order valence-electron chi connectivity index (χ0n) is 17.0. The molecule has 29 heavy (non-hydrogen) atoms. The lowest BCUT2D eigenvalue weighted by Gasteiger charge is -2.44. The number of anilines is 1. The minimum Gasteiger partial charge on any atom is -0.451 e. The SMILES string of the molecule is CN(C)c1ccc(-c2ccc3oc(C(=O)NC4CN5CCC4CC5)cc3c2)cc1. The lowest BCUT2D eigenvalue weighted by Crippen LogP contribution is -2.57. The van der Waals surface area contributed by atoms with Gasteiger partial charge in [0, 0.05) is 37.8 Å². The number of nitrogens with one attached hydrogen (secondary N) is 1. The molecule has 0 aliphatic carbocycles. The van der Waals surface area contributed by atoms with E-state index in [-0.39, 0.29) is 11.9 Å². The largest absolute Gasteiger partial charge is 0.451 e. The van der Waals surface area contributed by atoms with Crippen molar-refractivity contribution in [3.8, 4) is 11.1 Å². The first-order valence-corrected chi connectivity index (χ1v) is 10.4. The van der Waals surface area contributed by atoms with E-state index in [1.807, 2.05) is 32.3 Å². The van der Waals surface area contributed by atoms with Crippen LogP contribution in [0.4, 0.5) is 5.69 Å². The number of rotatable bonds is 4. The van der Waals surface area contributed by atoms with Gasteiger partial charge in [0.2, 0.25) is 0 Å². The van der Waals surface area contributed by atoms with Crippen molar-refractivity contribution >= 4 is 22.6 Å². The van der Waals surface area contributed by atoms with Crippen LogP contribution in [0.5, 0.6) is 0 Å². The van der Waals surface area contributed by atoms with Crippen LogP contribution < -0.4 is 10.2 Å². The summed E-state index contributed by atoms with van der Waals surface area (Å²) in [5, 5.41) is 4.17. The number of piperidine rings is 3. The van der Waals surface area contributed by atoms with E-state index in [2.05, 4.69) is 45.4 Å². The molecular formula is C24H27N3O2. The molecule has 5 heteroatoms. The molecule has 3 aliphatic heterocycles. The van der Waals surface area contributed by atoms with Gasteiger partial charge in [0.05, 0.1) is 0 Å². The number of hydrogen-bond acceptors (Lipinski definition) is 4. The Morgan fingerprint density at radius 1 is 1.03 bits per heavy atom. The Morgan fingerprint density at radius 3 is 2.41 bits per heavy atom. The minimum atomic E-state index is -0.100. The molecule has 1 aromatic heterocycles. The van der Waals surface area contributed by atoms with E-state index >= 15 is 0 Å². The second-order valence-electron chi connectivity index (χ2n) is 8.52. The van der Waals surface area contributed by atoms with Crippen LogP contribution in [0, 0.1) is 5.92 Å². The molecule has 1 amide bonds. The molecule has 2 bridgehead atoms. The number of benzene rings is 2. The summed E-state index contributed by atoms with van der Waals surface area (Å²) in [5.41, 5.74) is 4.19. The highest BCUT2D eigenvalue weighted by atomic mass is 16.3. The fourth-order valence-electron chi connectivity index (χ4n) is 4.65. The highest BCUT2D eigenvalue weighted by Gasteiger charge is 2.35. The van der Waals surface area contributed by atoms with Crippen molar-refractivity contribution in [2.75, 3.05) is 38.6 Å². The standard InChI is InChI=1S/C24H27N3O2/c1-26(2)20-6-3-16(4-7-20)18-5-8-22-19(13-18)14-23(29-22)24(28)25-21-15-27-11-9-17(21)10-12-27/h3-8,13-14,17,21H,9-12,15H2,1-2H3,(H,25,28). The Hall–Kier alpha value is -2.79. The molecule has 3 fully saturated rings. The summed E-state index contributed by atoms with van der Waals surface area (Å²) in [6, 6.07) is 16.7. The minimum absolute atomic E-state index is 0.100. The smallest absolute Gasteiger partial charge is 0.287 e. The molecule has 6 rings (SSSR count). The third kappa shape index (κ3) is 3.51. The van der Waals surface area contributed by atoms with Crippen molar-refractivity contribution in [2.45, 2.75) is 18.9 Å². The third-order valence-corrected chi connectivity index (χ3v) is 6.43. The maximum absolute atomic E-state index is 12.8. The van der Waals surface area contributed by atoms with Gasteiger partial charge in [-0.3, -0.25) is 4.79 Å². The van der Waals surface area contributed by atoms with Gasteiger partial charge < -0.3 is 19.5 Å². The molecule has 1 N–H and O–H groups in total. The van der Waals surface area contributed by atoms with E-state index in [0.29, 0.717) is 11.7 Å². The summed E-state index contributed by atoms with van der Waals surface area (Å²) in [7, 11) is 4.07. The average molecular weight is 389 g/mol. The molecule has 4 heterocycles. The monoisotopic (exact) mass is 389 g/mol. The molecule has 0 saturated carbocycles. The first-order chi connectivity index (χ1) is 14.1. The fourth-order valence-corrected chi connectivity index (χ4v) is 4.65. The van der Waals surface area contributed by atoms with Gasteiger partial charge in [0.1, 0.15) is 5.58 Å². The van der Waals surface area contributed by atoms with Crippen LogP contribution in [0.3, 0.4) is 0 Å². The van der Waals surface area contributed by atoms with Gasteiger partial charge in [0.25, 0.3) is 5.91 Å². The van der Waals surface area contributed by atoms with Crippen LogP contribution in [0.1, 0.15) is 23.4 Å². The average Bonchev–Trinajstić information content (AvgIpc) is 3.18. The van der Waals surface area contributed by atoms with Crippen molar-refractivity contribution in [1.82, 2.24) is 10.2 Å². The van der Waals surface area contributed by atoms with Crippen molar-refractivity contribution in [3.63, 3.8) is 0 Å². The number of fused-ring (bicyclic) bond motifs is 4. The summed E-state index contributed by atoms with van der Waals surface area (Å²) < 4.78 is 5.86. The van der Waals surface area contributed by atoms with Crippen molar-refractivity contribution in [1.29, 1.82) is 0 Å². The summed E-state index contributed by atoms with van der Waals surface area (Å²) in [6.45, 7) is 3.30. The highest BCUT2D eigenvalue weighted by molar-refractivity contribution is 5.97. The van der Waals surface area contributed by atoms with E-state index in [9.17, 15) is 4.79 Å². The molecular weight excluding hydrogens is 362 g/mol. The molecule has 0 spiro atoms. The lowest BCUT2D eigenvalue weighted by atomic mass is 9.84. The van der Waals surface area contributed by atoms with Crippen molar-refractivity contribution in [3.05, 3.63) is 54.3 Å². The van der Waals surface area contributed by atoms with Gasteiger partial charge in [-0.2, -0.15) is 0 Å². The fraction of sp³-hybridized carbons (Fsp3) is 0.375. The van der Waals surface area contributed by atoms with E-state index < -0.39 is 0 Å². The molecule has 3 aromatic rings. The van der Waals surface area contributed by atoms with E-state index in [0.717, 1.165) is 28.6 Å². The summed E-state index contributed by atoms with van der Waals surface area (Å²) >= 11 is 0. The molecule has 5 nitrogen and oxygen atoms in total. The number of carbonyl (C=O) groups excluding carboxylic acids is 1. The topological polar surface area (TPSA) is 48.7 Å². The molecule has 3 saturated heterocycles. The molecule has 1 unspecified atom stereocenters. The Labute approximate surface area is 171 Å². The van der Waals surface area contributed by atoms with Crippen LogP contribution in [-0.4, -0.2) is 50.6 Å². The normalized spacial score (nSPS) is 23.3. The van der Waals surface area contributed by atoms with E-state index in [1.54, 1.807) is 0 Å². The third-order valence-electron chi connectivity index (χ3n) is 6.43. The second-order valence-corrected chi connectivity index (χ2v) is 8.52. The van der Waals surface area contributed by atoms with Crippen LogP contribution in [0.15, 0.2) is 52.9 Å². The van der Waals surface area contributed by atoms with Gasteiger partial charge in [-0.15, -0.1) is 0 Å². The van der Waals surface area contributed by atoms with E-state index in [4.69, 9.17) is 4.42 Å². The lowest BCUT2D eigenvalue weighted by molar-refractivity contribution is 0.0607. The highest BCUT2D eigenvalue weighted by Crippen LogP contribution is 2.30. The second kappa shape index (κ2) is 7.23. The molecule has 0 radical (unpaired) electrons. The first-order valence-electron chi connectivity index (χ1n) is 10.4. The summed E-state index contributed by atoms with van der Waals surface area (Å²) in [6.07, 6.45) is 2.36. The number of nitrogens with zero attached hydrogens (tertiary/aromatic N) is 2. The van der Waals surface area contributed by atoms with Crippen molar-refractivity contribution in [2.24, 2.45) is 5.92 Å². The van der Waals surface area contributed by atoms with Crippen LogP contribution in [-0.2, 0) is 0 Å². The number of hydrogen-bond donors (Lipinski definition) is 1. The van der Waals surface area contributed by atoms with Crippen LogP contribution >= 0.6 is 0 Å². The Balaban J connectivity index is 1.35. The summed E-state index contributed by atoms with van der Waals surface area (Å²) in [5.74, 6) is 0.901. The molecule has 1 atom stereocenters. The van der Waals surface area contributed by atoms with Crippen LogP contribution in [0.2, 0.25) is 0 Å². The predicted octanol–water partition coefficient (Wildman–Crippen LogP) is 3.99. The Morgan fingerprint density at radius 2 is 1.76 bits per heavy atom. The zero-order chi connectivity index (χ0) is 20.0. The van der Waals surface area contributed by atoms with Crippen molar-refractivity contribution < 1.29 is 9.21 Å². The number of amides is 1. The van der Waals surface area contributed by atoms with Gasteiger partial charge in [-0.05, 0) is 73.3 Å². The summed E-state index contributed by atoms with van der Waals surface area (Å²) in [4.78, 5) is 17.3. The van der Waals surface area contributed by atoms with Gasteiger partial charge in [0.15, 0.2) is 5.76 Å². The maximum Gasteiger partial charge on any atom is 0.287 e. The zero-order valence-corrected chi connectivity index (χ0v) is 17.0. The van der Waals surface area contributed by atoms with E-state index in [1.165, 1.54) is 31.6 Å². The Kier molecular flexibility index (Phi) is 4.55. The van der Waals surface area contributed by atoms with Gasteiger partial charge in [-0.25, -0.2) is 0 Å². The van der Waals surface area contributed by atoms with Gasteiger partial charge >= 0.3 is 0 Å². The van der Waals surface area contributed by atoms with Gasteiger partial charge in [-0.1, -0.05) is 18.2 Å².